The smallest absolute Gasteiger partial charge is 0.243 e. The average molecular weight is 387 g/mol. The van der Waals surface area contributed by atoms with Crippen LogP contribution in [0.5, 0.6) is 5.75 Å². The van der Waals surface area contributed by atoms with Crippen LogP contribution in [0.2, 0.25) is 0 Å². The molecule has 0 aliphatic heterocycles. The van der Waals surface area contributed by atoms with Gasteiger partial charge in [0.2, 0.25) is 10.0 Å². The van der Waals surface area contributed by atoms with Gasteiger partial charge in [-0.25, -0.2) is 22.5 Å². The van der Waals surface area contributed by atoms with Crippen molar-refractivity contribution in [3.8, 4) is 17.1 Å². The zero-order chi connectivity index (χ0) is 19.4. The van der Waals surface area contributed by atoms with Crippen LogP contribution >= 0.6 is 0 Å². The van der Waals surface area contributed by atoms with E-state index in [-0.39, 0.29) is 6.54 Å². The predicted molar refractivity (Wildman–Crippen MR) is 99.2 cm³/mol. The first kappa shape index (κ1) is 18.9. The molecular weight excluding hydrogens is 369 g/mol. The van der Waals surface area contributed by atoms with Crippen molar-refractivity contribution in [3.05, 3.63) is 71.8 Å². The third-order valence-corrected chi connectivity index (χ3v) is 5.25. The van der Waals surface area contributed by atoms with Crippen LogP contribution < -0.4 is 9.46 Å². The summed E-state index contributed by atoms with van der Waals surface area (Å²) in [6.07, 6.45) is 1.64. The Balaban J connectivity index is 1.88. The van der Waals surface area contributed by atoms with Crippen molar-refractivity contribution in [2.75, 3.05) is 7.11 Å². The Hall–Kier alpha value is -2.84. The standard InChI is InChI=1S/C19H18FN3O3S/c1-13-6-7-16(20)19(9-13)27(24,25)22-12-14-10-15(26-2)11-18(23-14)17-5-3-4-8-21-17/h3-11,22H,12H2,1-2H3. The summed E-state index contributed by atoms with van der Waals surface area (Å²) in [6, 6.07) is 12.7. The van der Waals surface area contributed by atoms with Gasteiger partial charge in [-0.2, -0.15) is 0 Å². The lowest BCUT2D eigenvalue weighted by molar-refractivity contribution is 0.413. The van der Waals surface area contributed by atoms with Crippen LogP contribution in [0, 0.1) is 12.7 Å². The Morgan fingerprint density at radius 3 is 2.63 bits per heavy atom. The summed E-state index contributed by atoms with van der Waals surface area (Å²) in [5.74, 6) is -0.289. The second-order valence-electron chi connectivity index (χ2n) is 5.86. The van der Waals surface area contributed by atoms with E-state index in [2.05, 4.69) is 14.7 Å². The summed E-state index contributed by atoms with van der Waals surface area (Å²) in [6.45, 7) is 1.58. The zero-order valence-corrected chi connectivity index (χ0v) is 15.6. The molecule has 8 heteroatoms. The molecule has 1 N–H and O–H groups in total. The topological polar surface area (TPSA) is 81.2 Å². The third kappa shape index (κ3) is 4.47. The number of aromatic nitrogens is 2. The highest BCUT2D eigenvalue weighted by atomic mass is 32.2. The average Bonchev–Trinajstić information content (AvgIpc) is 2.68. The predicted octanol–water partition coefficient (Wildman–Crippen LogP) is 3.08. The first-order chi connectivity index (χ1) is 12.9. The van der Waals surface area contributed by atoms with E-state index in [0.29, 0.717) is 28.4 Å². The van der Waals surface area contributed by atoms with E-state index >= 15 is 0 Å². The molecule has 0 fully saturated rings. The Kier molecular flexibility index (Phi) is 5.48. The van der Waals surface area contributed by atoms with E-state index in [0.717, 1.165) is 6.07 Å². The van der Waals surface area contributed by atoms with Crippen molar-refractivity contribution < 1.29 is 17.5 Å². The second kappa shape index (κ2) is 7.81. The van der Waals surface area contributed by atoms with Crippen molar-refractivity contribution >= 4 is 10.0 Å². The number of benzene rings is 1. The van der Waals surface area contributed by atoms with E-state index in [1.807, 2.05) is 6.07 Å². The quantitative estimate of drug-likeness (QED) is 0.703. The normalized spacial score (nSPS) is 11.4. The molecule has 3 rings (SSSR count). The lowest BCUT2D eigenvalue weighted by Gasteiger charge is -2.11. The summed E-state index contributed by atoms with van der Waals surface area (Å²) in [5, 5.41) is 0. The minimum atomic E-state index is -4.03. The number of aryl methyl sites for hydroxylation is 1. The van der Waals surface area contributed by atoms with Gasteiger partial charge in [-0.3, -0.25) is 4.98 Å². The molecule has 0 aliphatic carbocycles. The molecular formula is C19H18FN3O3S. The molecule has 0 radical (unpaired) electrons. The van der Waals surface area contributed by atoms with Crippen LogP contribution in [0.3, 0.4) is 0 Å². The van der Waals surface area contributed by atoms with Gasteiger partial charge in [0, 0.05) is 18.3 Å². The molecule has 140 valence electrons. The maximum absolute atomic E-state index is 13.9. The number of methoxy groups -OCH3 is 1. The molecule has 2 aromatic heterocycles. The van der Waals surface area contributed by atoms with Crippen LogP contribution in [0.1, 0.15) is 11.3 Å². The Morgan fingerprint density at radius 2 is 1.93 bits per heavy atom. The minimum Gasteiger partial charge on any atom is -0.497 e. The van der Waals surface area contributed by atoms with Crippen molar-refractivity contribution in [2.45, 2.75) is 18.4 Å². The molecule has 0 unspecified atom stereocenters. The van der Waals surface area contributed by atoms with Gasteiger partial charge in [0.05, 0.1) is 30.7 Å². The van der Waals surface area contributed by atoms with Gasteiger partial charge in [0.1, 0.15) is 16.5 Å². The van der Waals surface area contributed by atoms with E-state index in [1.165, 1.54) is 19.2 Å². The van der Waals surface area contributed by atoms with Crippen molar-refractivity contribution in [2.24, 2.45) is 0 Å². The van der Waals surface area contributed by atoms with Gasteiger partial charge < -0.3 is 4.74 Å². The summed E-state index contributed by atoms with van der Waals surface area (Å²) >= 11 is 0. The van der Waals surface area contributed by atoms with Gasteiger partial charge in [0.25, 0.3) is 0 Å². The number of hydrogen-bond donors (Lipinski definition) is 1. The van der Waals surface area contributed by atoms with Gasteiger partial charge in [0.15, 0.2) is 0 Å². The van der Waals surface area contributed by atoms with Crippen LogP contribution in [0.4, 0.5) is 4.39 Å². The van der Waals surface area contributed by atoms with Crippen LogP contribution in [0.15, 0.2) is 59.6 Å². The monoisotopic (exact) mass is 387 g/mol. The number of hydrogen-bond acceptors (Lipinski definition) is 5. The molecule has 0 spiro atoms. The number of ether oxygens (including phenoxy) is 1. The van der Waals surface area contributed by atoms with E-state index in [9.17, 15) is 12.8 Å². The maximum Gasteiger partial charge on any atom is 0.243 e. The molecule has 0 saturated heterocycles. The van der Waals surface area contributed by atoms with E-state index in [4.69, 9.17) is 4.74 Å². The molecule has 3 aromatic rings. The summed E-state index contributed by atoms with van der Waals surface area (Å²) in [4.78, 5) is 8.27. The first-order valence-corrected chi connectivity index (χ1v) is 9.59. The fourth-order valence-electron chi connectivity index (χ4n) is 2.48. The molecule has 0 amide bonds. The zero-order valence-electron chi connectivity index (χ0n) is 14.8. The molecule has 0 saturated carbocycles. The molecule has 2 heterocycles. The highest BCUT2D eigenvalue weighted by molar-refractivity contribution is 7.89. The van der Waals surface area contributed by atoms with Crippen LogP contribution in [0.25, 0.3) is 11.4 Å². The minimum absolute atomic E-state index is 0.118. The molecule has 0 aliphatic rings. The number of pyridine rings is 2. The van der Waals surface area contributed by atoms with Gasteiger partial charge in [-0.05, 0) is 36.8 Å². The largest absolute Gasteiger partial charge is 0.497 e. The van der Waals surface area contributed by atoms with E-state index in [1.54, 1.807) is 37.4 Å². The Labute approximate surface area is 157 Å². The van der Waals surface area contributed by atoms with Crippen molar-refractivity contribution in [3.63, 3.8) is 0 Å². The summed E-state index contributed by atoms with van der Waals surface area (Å²) < 4.78 is 46.5. The summed E-state index contributed by atoms with van der Waals surface area (Å²) in [7, 11) is -2.52. The number of sulfonamides is 1. The van der Waals surface area contributed by atoms with Gasteiger partial charge in [-0.1, -0.05) is 12.1 Å². The Morgan fingerprint density at radius 1 is 1.11 bits per heavy atom. The number of nitrogens with one attached hydrogen (secondary N) is 1. The lowest BCUT2D eigenvalue weighted by atomic mass is 10.2. The maximum atomic E-state index is 13.9. The van der Waals surface area contributed by atoms with Crippen molar-refractivity contribution in [1.82, 2.24) is 14.7 Å². The molecule has 0 bridgehead atoms. The number of rotatable bonds is 6. The number of nitrogens with zero attached hydrogens (tertiary/aromatic N) is 2. The van der Waals surface area contributed by atoms with Crippen LogP contribution in [-0.4, -0.2) is 25.5 Å². The van der Waals surface area contributed by atoms with Crippen molar-refractivity contribution in [1.29, 1.82) is 0 Å². The molecule has 27 heavy (non-hydrogen) atoms. The van der Waals surface area contributed by atoms with Gasteiger partial charge in [-0.15, -0.1) is 0 Å². The van der Waals surface area contributed by atoms with Gasteiger partial charge >= 0.3 is 0 Å². The highest BCUT2D eigenvalue weighted by Gasteiger charge is 2.19. The Bertz CT molecular complexity index is 1060. The fourth-order valence-corrected chi connectivity index (χ4v) is 3.64. The molecule has 0 atom stereocenters. The highest BCUT2D eigenvalue weighted by Crippen LogP contribution is 2.22. The first-order valence-electron chi connectivity index (χ1n) is 8.11. The molecule has 1 aromatic carbocycles. The second-order valence-corrected chi connectivity index (χ2v) is 7.59. The molecule has 6 nitrogen and oxygen atoms in total. The number of halogens is 1. The summed E-state index contributed by atoms with van der Waals surface area (Å²) in [5.41, 5.74) is 2.25. The third-order valence-electron chi connectivity index (χ3n) is 3.83. The SMILES string of the molecule is COc1cc(CNS(=O)(=O)c2cc(C)ccc2F)nc(-c2ccccn2)c1. The van der Waals surface area contributed by atoms with E-state index < -0.39 is 20.7 Å². The van der Waals surface area contributed by atoms with Crippen LogP contribution in [-0.2, 0) is 16.6 Å². The fraction of sp³-hybridized carbons (Fsp3) is 0.158. The lowest BCUT2D eigenvalue weighted by Crippen LogP contribution is -2.25.